The zero-order valence-corrected chi connectivity index (χ0v) is 21.7. The lowest BCUT2D eigenvalue weighted by Crippen LogP contribution is -2.58. The molecule has 37 heavy (non-hydrogen) atoms. The number of fused-ring (bicyclic) bond motifs is 2. The van der Waals surface area contributed by atoms with Crippen molar-refractivity contribution in [3.8, 4) is 0 Å². The molecule has 1 aromatic rings. The van der Waals surface area contributed by atoms with Crippen LogP contribution in [-0.2, 0) is 24.6 Å². The Morgan fingerprint density at radius 1 is 1.27 bits per heavy atom. The van der Waals surface area contributed by atoms with E-state index in [2.05, 4.69) is 15.5 Å². The number of anilines is 1. The molecule has 10 heteroatoms. The van der Waals surface area contributed by atoms with Gasteiger partial charge in [0.05, 0.1) is 6.42 Å². The highest BCUT2D eigenvalue weighted by Crippen LogP contribution is 2.47. The Morgan fingerprint density at radius 2 is 1.95 bits per heavy atom. The second kappa shape index (κ2) is 9.77. The molecule has 1 saturated heterocycles. The molecule has 9 nitrogen and oxygen atoms in total. The van der Waals surface area contributed by atoms with E-state index in [0.717, 1.165) is 5.56 Å². The summed E-state index contributed by atoms with van der Waals surface area (Å²) in [7, 11) is 1.49. The van der Waals surface area contributed by atoms with Crippen molar-refractivity contribution in [1.29, 1.82) is 0 Å². The highest BCUT2D eigenvalue weighted by molar-refractivity contribution is 6.07. The first-order valence-electron chi connectivity index (χ1n) is 12.8. The Hall–Kier alpha value is -3.48. The number of benzene rings is 1. The van der Waals surface area contributed by atoms with E-state index >= 15 is 0 Å². The molecule has 4 rings (SSSR count). The van der Waals surface area contributed by atoms with Crippen molar-refractivity contribution in [2.24, 2.45) is 5.92 Å². The number of hydrogen-bond acceptors (Lipinski definition) is 4. The first kappa shape index (κ1) is 26.6. The van der Waals surface area contributed by atoms with Crippen molar-refractivity contribution >= 4 is 29.3 Å². The largest absolute Gasteiger partial charge is 0.342 e. The summed E-state index contributed by atoms with van der Waals surface area (Å²) in [5, 5.41) is 5.34. The molecule has 2 fully saturated rings. The fraction of sp³-hybridized carbons (Fsp3) is 0.593. The first-order chi connectivity index (χ1) is 17.4. The number of likely N-dealkylation sites (N-methyl/N-ethyl adjacent to an activating group) is 1. The molecule has 1 aliphatic carbocycles. The zero-order valence-electron chi connectivity index (χ0n) is 21.7. The Bertz CT molecular complexity index is 1160. The maximum Gasteiger partial charge on any atom is 0.302 e. The van der Waals surface area contributed by atoms with Crippen LogP contribution in [0.4, 0.5) is 10.1 Å². The summed E-state index contributed by atoms with van der Waals surface area (Å²) in [5.74, 6) is -1.95. The van der Waals surface area contributed by atoms with Gasteiger partial charge in [0.2, 0.25) is 11.8 Å². The third-order valence-electron chi connectivity index (χ3n) is 7.95. The molecule has 1 aromatic carbocycles. The van der Waals surface area contributed by atoms with Crippen LogP contribution in [0.3, 0.4) is 0 Å². The fourth-order valence-corrected chi connectivity index (χ4v) is 5.58. The van der Waals surface area contributed by atoms with Gasteiger partial charge in [-0.05, 0) is 50.2 Å². The number of halogens is 1. The summed E-state index contributed by atoms with van der Waals surface area (Å²) in [6.07, 6.45) is 0.530. The van der Waals surface area contributed by atoms with Crippen LogP contribution in [0.15, 0.2) is 24.3 Å². The summed E-state index contributed by atoms with van der Waals surface area (Å²) in [6.45, 7) is 13.1. The minimum atomic E-state index is -1.94. The molecule has 3 aliphatic rings. The highest BCUT2D eigenvalue weighted by atomic mass is 19.1. The third kappa shape index (κ3) is 4.56. The van der Waals surface area contributed by atoms with Gasteiger partial charge in [0.15, 0.2) is 5.67 Å². The smallest absolute Gasteiger partial charge is 0.302 e. The van der Waals surface area contributed by atoms with Crippen LogP contribution in [0.5, 0.6) is 0 Å². The monoisotopic (exact) mass is 511 g/mol. The molecular formula is C27H34FN5O4. The Kier molecular flexibility index (Phi) is 7.01. The molecule has 0 radical (unpaired) electrons. The molecule has 1 saturated carbocycles. The van der Waals surface area contributed by atoms with E-state index in [1.165, 1.54) is 23.8 Å². The first-order valence-corrected chi connectivity index (χ1v) is 12.8. The van der Waals surface area contributed by atoms with E-state index in [1.54, 1.807) is 6.07 Å². The van der Waals surface area contributed by atoms with Crippen molar-refractivity contribution in [3.05, 3.63) is 41.2 Å². The predicted molar refractivity (Wildman–Crippen MR) is 135 cm³/mol. The van der Waals surface area contributed by atoms with Gasteiger partial charge >= 0.3 is 6.17 Å². The Morgan fingerprint density at radius 3 is 2.54 bits per heavy atom. The van der Waals surface area contributed by atoms with E-state index in [0.29, 0.717) is 18.5 Å². The summed E-state index contributed by atoms with van der Waals surface area (Å²) in [6, 6.07) is 5.35. The molecule has 0 aromatic heterocycles. The van der Waals surface area contributed by atoms with Crippen LogP contribution < -0.4 is 10.6 Å². The molecule has 2 heterocycles. The average molecular weight is 512 g/mol. The molecule has 4 amide bonds. The summed E-state index contributed by atoms with van der Waals surface area (Å²) < 4.78 is 14.5. The van der Waals surface area contributed by atoms with E-state index in [4.69, 9.17) is 6.57 Å². The van der Waals surface area contributed by atoms with Crippen LogP contribution in [0.1, 0.15) is 58.4 Å². The number of likely N-dealkylation sites (tertiary alicyclic amines) is 1. The van der Waals surface area contributed by atoms with Crippen LogP contribution in [0.2, 0.25) is 0 Å². The van der Waals surface area contributed by atoms with E-state index in [-0.39, 0.29) is 37.6 Å². The van der Waals surface area contributed by atoms with Crippen LogP contribution in [-0.4, -0.2) is 70.9 Å². The maximum atomic E-state index is 14.5. The maximum absolute atomic E-state index is 14.5. The highest BCUT2D eigenvalue weighted by Gasteiger charge is 2.59. The second-order valence-corrected chi connectivity index (χ2v) is 11.0. The average Bonchev–Trinajstić information content (AvgIpc) is 3.37. The topological polar surface area (TPSA) is 103 Å². The van der Waals surface area contributed by atoms with Crippen LogP contribution in [0.25, 0.3) is 4.85 Å². The quantitative estimate of drug-likeness (QED) is 0.550. The lowest BCUT2D eigenvalue weighted by atomic mass is 9.80. The van der Waals surface area contributed by atoms with Gasteiger partial charge in [-0.25, -0.2) is 11.0 Å². The van der Waals surface area contributed by atoms with E-state index in [1.807, 2.05) is 32.0 Å². The van der Waals surface area contributed by atoms with Gasteiger partial charge in [-0.2, -0.15) is 0 Å². The number of rotatable bonds is 7. The third-order valence-corrected chi connectivity index (χ3v) is 7.95. The van der Waals surface area contributed by atoms with Crippen molar-refractivity contribution in [2.75, 3.05) is 18.9 Å². The Labute approximate surface area is 216 Å². The predicted octanol–water partition coefficient (Wildman–Crippen LogP) is 2.62. The molecule has 2 aliphatic heterocycles. The van der Waals surface area contributed by atoms with Crippen LogP contribution >= 0.6 is 0 Å². The van der Waals surface area contributed by atoms with Gasteiger partial charge in [-0.15, -0.1) is 0 Å². The normalized spacial score (nSPS) is 25.1. The number of amides is 4. The summed E-state index contributed by atoms with van der Waals surface area (Å²) >= 11 is 0. The van der Waals surface area contributed by atoms with Gasteiger partial charge in [-0.3, -0.25) is 28.9 Å². The number of nitrogens with zero attached hydrogens (tertiary/aromatic N) is 3. The molecule has 0 unspecified atom stereocenters. The minimum Gasteiger partial charge on any atom is -0.342 e. The summed E-state index contributed by atoms with van der Waals surface area (Å²) in [4.78, 5) is 59.0. The van der Waals surface area contributed by atoms with Crippen molar-refractivity contribution in [3.63, 3.8) is 0 Å². The molecular weight excluding hydrogens is 477 g/mol. The number of alkyl halides is 1. The van der Waals surface area contributed by atoms with Crippen molar-refractivity contribution in [2.45, 2.75) is 82.2 Å². The molecule has 4 atom stereocenters. The molecule has 198 valence electrons. The molecule has 1 spiro atoms. The standard InChI is InChI=1S/C27H34FN5O4/c1-16(2)13-20(32(5)22(34)17(3)30-25(37)27(28)11-8-12-27)23(35)33-15-26(14-21(33)29-4)18-9-6-7-10-19(18)31-24(26)36/h6-7,9-10,16-17,20-21H,8,11-15H2,1-3,5H3,(H,30,37)(H,31,36)/t17-,20-,21-,26-/m0/s1. The van der Waals surface area contributed by atoms with Crippen LogP contribution in [0, 0.1) is 12.5 Å². The minimum absolute atomic E-state index is 0.0367. The molecule has 0 bridgehead atoms. The number of nitrogens with one attached hydrogen (secondary N) is 2. The zero-order chi connectivity index (χ0) is 27.1. The van der Waals surface area contributed by atoms with Gasteiger partial charge < -0.3 is 15.5 Å². The number of carbonyl (C=O) groups is 4. The van der Waals surface area contributed by atoms with E-state index in [9.17, 15) is 23.6 Å². The number of hydrogen-bond donors (Lipinski definition) is 2. The lowest BCUT2D eigenvalue weighted by Gasteiger charge is -2.35. The number of para-hydroxylation sites is 1. The lowest BCUT2D eigenvalue weighted by molar-refractivity contribution is -0.148. The SMILES string of the molecule is [C-]#[N+][C@@H]1C[C@@]2(CN1C(=O)[C@H](CC(C)C)N(C)C(=O)[C@H](C)NC(=O)C1(F)CCC1)C(=O)Nc1ccccc12. The van der Waals surface area contributed by atoms with Gasteiger partial charge in [0.25, 0.3) is 11.8 Å². The Balaban J connectivity index is 1.56. The van der Waals surface area contributed by atoms with Gasteiger partial charge in [0, 0.05) is 19.3 Å². The van der Waals surface area contributed by atoms with Gasteiger partial charge in [0.1, 0.15) is 17.5 Å². The molecule has 2 N–H and O–H groups in total. The van der Waals surface area contributed by atoms with Crippen molar-refractivity contribution < 1.29 is 23.6 Å². The van der Waals surface area contributed by atoms with Crippen molar-refractivity contribution in [1.82, 2.24) is 15.1 Å². The summed E-state index contributed by atoms with van der Waals surface area (Å²) in [5.41, 5.74) is -1.52. The van der Waals surface area contributed by atoms with Gasteiger partial charge in [-0.1, -0.05) is 32.0 Å². The fourth-order valence-electron chi connectivity index (χ4n) is 5.58. The number of carbonyl (C=O) groups excluding carboxylic acids is 4. The second-order valence-electron chi connectivity index (χ2n) is 11.0. The van der Waals surface area contributed by atoms with E-state index < -0.39 is 47.1 Å².